The number of halogens is 2. The second-order valence-electron chi connectivity index (χ2n) is 32.3. The van der Waals surface area contributed by atoms with E-state index in [1.165, 1.54) is 134 Å². The molecule has 3 heterocycles. The molecule has 0 aliphatic heterocycles. The Morgan fingerprint density at radius 3 is 0.748 bits per heavy atom. The Hall–Kier alpha value is -11.4. The first kappa shape index (κ1) is 70.1. The summed E-state index contributed by atoms with van der Waals surface area (Å²) in [6.45, 7) is 19.2. The van der Waals surface area contributed by atoms with Crippen molar-refractivity contribution in [2.75, 3.05) is 0 Å². The van der Waals surface area contributed by atoms with Crippen molar-refractivity contribution in [1.82, 2.24) is 0 Å². The van der Waals surface area contributed by atoms with Crippen molar-refractivity contribution < 1.29 is 23.3 Å². The van der Waals surface area contributed by atoms with E-state index >= 15 is 0 Å². The van der Waals surface area contributed by atoms with E-state index in [0.717, 1.165) is 85.9 Å². The highest BCUT2D eigenvalue weighted by Crippen LogP contribution is 2.62. The van der Waals surface area contributed by atoms with Crippen molar-refractivity contribution in [3.8, 4) is 100 Å². The third-order valence-electron chi connectivity index (χ3n) is 24.5. The third kappa shape index (κ3) is 11.1. The first-order valence-electron chi connectivity index (χ1n) is 37.8. The van der Waals surface area contributed by atoms with Crippen LogP contribution in [0.4, 0.5) is 0 Å². The molecule has 4 aliphatic carbocycles. The van der Waals surface area contributed by atoms with E-state index in [4.69, 9.17) is 13.3 Å². The van der Waals surface area contributed by atoms with Crippen molar-refractivity contribution in [2.45, 2.75) is 84.5 Å². The van der Waals surface area contributed by atoms with Gasteiger partial charge in [-0.3, -0.25) is 0 Å². The van der Waals surface area contributed by atoms with Gasteiger partial charge in [0.05, 0.1) is 0 Å². The van der Waals surface area contributed by atoms with Crippen LogP contribution in [0.15, 0.2) is 319 Å². The standard InChI is InChI=1S/C60H42O2.C24H20Br2.C18H13BO3.CH4/c1-59(2)51-33-41(39-19-27-55-49(31-39)47-29-37(17-25-53(47)61-55)35-11-7-5-8-12-35)15-21-43(51)45-23-24-46-44-22-16-42(34-52(44)60(3,4)58(46)57(45)59)40-20-28-56-50(32-40)48-30-38(18-26-54(48)62-56)36-13-9-6-10-14-36;1-23(2)19-11-13(25)5-7-15(19)17-9-10-18-16-8-6-14(26)12-20(16)24(3,4)22(18)21(17)23;20-19(21)14-7-9-18-16(11-14)15-10-13(6-8-17(15)22-18)12-4-2-1-3-5-12;/h5-34H,1-4H3;5-12H,1-4H3;1-11,20-21H;1H4. The first-order chi connectivity index (χ1) is 53.1. The van der Waals surface area contributed by atoms with Crippen LogP contribution in [0.2, 0.25) is 0 Å². The highest BCUT2D eigenvalue weighted by atomic mass is 79.9. The zero-order valence-corrected chi connectivity index (χ0v) is 65.4. The van der Waals surface area contributed by atoms with Crippen molar-refractivity contribution in [3.63, 3.8) is 0 Å². The molecule has 15 aromatic carbocycles. The lowest BCUT2D eigenvalue weighted by molar-refractivity contribution is 0.426. The Labute approximate surface area is 663 Å². The molecule has 4 aliphatic rings. The molecule has 18 aromatic rings. The topological polar surface area (TPSA) is 79.9 Å². The Morgan fingerprint density at radius 2 is 0.459 bits per heavy atom. The summed E-state index contributed by atoms with van der Waals surface area (Å²) in [5.41, 5.74) is 39.6. The second kappa shape index (κ2) is 25.9. The molecule has 0 amide bonds. The maximum Gasteiger partial charge on any atom is 0.488 e. The number of hydrogen-bond acceptors (Lipinski definition) is 5. The van der Waals surface area contributed by atoms with Crippen LogP contribution in [0.1, 0.15) is 107 Å². The van der Waals surface area contributed by atoms with Gasteiger partial charge in [-0.2, -0.15) is 0 Å². The Balaban J connectivity index is 0.000000138. The highest BCUT2D eigenvalue weighted by molar-refractivity contribution is 9.10. The maximum absolute atomic E-state index is 9.35. The van der Waals surface area contributed by atoms with Gasteiger partial charge >= 0.3 is 7.12 Å². The average molecular weight is 1570 g/mol. The molecule has 538 valence electrons. The van der Waals surface area contributed by atoms with Gasteiger partial charge in [0.15, 0.2) is 0 Å². The minimum absolute atomic E-state index is 0. The number of fused-ring (bicyclic) bond motifs is 23. The largest absolute Gasteiger partial charge is 0.488 e. The van der Waals surface area contributed by atoms with Gasteiger partial charge in [0, 0.05) is 62.9 Å². The summed E-state index contributed by atoms with van der Waals surface area (Å²) >= 11 is 7.34. The van der Waals surface area contributed by atoms with Gasteiger partial charge in [-0.15, -0.1) is 0 Å². The van der Waals surface area contributed by atoms with E-state index in [9.17, 15) is 10.0 Å². The molecule has 22 rings (SSSR count). The van der Waals surface area contributed by atoms with E-state index in [-0.39, 0.29) is 29.1 Å². The highest BCUT2D eigenvalue weighted by Gasteiger charge is 2.48. The second-order valence-corrected chi connectivity index (χ2v) is 34.1. The van der Waals surface area contributed by atoms with Crippen LogP contribution >= 0.6 is 31.9 Å². The predicted molar refractivity (Wildman–Crippen MR) is 471 cm³/mol. The van der Waals surface area contributed by atoms with E-state index in [2.05, 4.69) is 336 Å². The molecule has 0 radical (unpaired) electrons. The van der Waals surface area contributed by atoms with Crippen molar-refractivity contribution in [3.05, 3.63) is 351 Å². The normalized spacial score (nSPS) is 14.3. The Morgan fingerprint density at radius 1 is 0.234 bits per heavy atom. The Kier molecular flexibility index (Phi) is 16.3. The average Bonchev–Trinajstić information content (AvgIpc) is 1.53. The van der Waals surface area contributed by atoms with Gasteiger partial charge in [-0.1, -0.05) is 289 Å². The number of hydrogen-bond donors (Lipinski definition) is 2. The number of rotatable bonds is 6. The van der Waals surface area contributed by atoms with Crippen LogP contribution in [0.5, 0.6) is 0 Å². The van der Waals surface area contributed by atoms with E-state index in [1.807, 2.05) is 30.3 Å². The maximum atomic E-state index is 9.35. The summed E-state index contributed by atoms with van der Waals surface area (Å²) in [7, 11) is -1.48. The molecule has 0 atom stereocenters. The van der Waals surface area contributed by atoms with Crippen LogP contribution in [-0.4, -0.2) is 17.2 Å². The number of benzene rings is 15. The smallest absolute Gasteiger partial charge is 0.456 e. The molecule has 8 heteroatoms. The minimum Gasteiger partial charge on any atom is -0.456 e. The van der Waals surface area contributed by atoms with Gasteiger partial charge in [-0.05, 0) is 253 Å². The van der Waals surface area contributed by atoms with E-state index in [0.29, 0.717) is 5.46 Å². The zero-order chi connectivity index (χ0) is 75.0. The van der Waals surface area contributed by atoms with Crippen molar-refractivity contribution >= 4 is 110 Å². The fraction of sp³-hybridized carbons (Fsp3) is 0.126. The molecule has 0 unspecified atom stereocenters. The summed E-state index contributed by atoms with van der Waals surface area (Å²) in [6.07, 6.45) is 0. The van der Waals surface area contributed by atoms with Crippen LogP contribution in [-0.2, 0) is 21.7 Å². The third-order valence-corrected chi connectivity index (χ3v) is 25.5. The van der Waals surface area contributed by atoms with Gasteiger partial charge < -0.3 is 23.3 Å². The lowest BCUT2D eigenvalue weighted by Gasteiger charge is -2.31. The summed E-state index contributed by atoms with van der Waals surface area (Å²) in [4.78, 5) is 0. The molecular weight excluding hydrogens is 1490 g/mol. The fourth-order valence-corrected chi connectivity index (χ4v) is 19.7. The van der Waals surface area contributed by atoms with Crippen LogP contribution in [0, 0.1) is 0 Å². The van der Waals surface area contributed by atoms with Gasteiger partial charge in [0.1, 0.15) is 33.5 Å². The van der Waals surface area contributed by atoms with Gasteiger partial charge in [-0.25, -0.2) is 0 Å². The summed E-state index contributed by atoms with van der Waals surface area (Å²) < 4.78 is 20.8. The fourth-order valence-electron chi connectivity index (χ4n) is 19.0. The van der Waals surface area contributed by atoms with Crippen LogP contribution in [0.25, 0.3) is 166 Å². The molecule has 2 N–H and O–H groups in total. The van der Waals surface area contributed by atoms with E-state index in [1.54, 1.807) is 18.2 Å². The molecular formula is C103H79BBr2O5. The Bertz CT molecular complexity index is 6560. The van der Waals surface area contributed by atoms with Crippen molar-refractivity contribution in [2.24, 2.45) is 0 Å². The van der Waals surface area contributed by atoms with Crippen LogP contribution in [0.3, 0.4) is 0 Å². The lowest BCUT2D eigenvalue weighted by Crippen LogP contribution is -2.29. The lowest BCUT2D eigenvalue weighted by atomic mass is 9.72. The molecule has 0 saturated heterocycles. The molecule has 0 fully saturated rings. The quantitative estimate of drug-likeness (QED) is 0.162. The molecule has 111 heavy (non-hydrogen) atoms. The molecule has 0 spiro atoms. The number of furan rings is 3. The SMILES string of the molecule is C.CC1(C)c2cc(-c3ccc4oc5ccc(-c6ccccc6)cc5c4c3)ccc2-c2ccc3c(c21)C(C)(C)c1cc(-c2ccc4oc5ccc(-c6ccccc6)cc5c4c2)ccc1-3.CC1(C)c2cc(Br)ccc2-c2ccc3c(c21)C(C)(C)c1cc(Br)ccc1-3.OB(O)c1ccc2oc3ccc(-c4ccccc4)cc3c2c1. The first-order valence-corrected chi connectivity index (χ1v) is 39.4. The monoisotopic (exact) mass is 1560 g/mol. The van der Waals surface area contributed by atoms with E-state index < -0.39 is 7.12 Å². The summed E-state index contributed by atoms with van der Waals surface area (Å²) in [5, 5.41) is 25.1. The van der Waals surface area contributed by atoms with Gasteiger partial charge in [0.25, 0.3) is 0 Å². The zero-order valence-electron chi connectivity index (χ0n) is 62.2. The molecule has 0 bridgehead atoms. The minimum atomic E-state index is -1.48. The van der Waals surface area contributed by atoms with Crippen LogP contribution < -0.4 is 5.46 Å². The molecule has 5 nitrogen and oxygen atoms in total. The summed E-state index contributed by atoms with van der Waals surface area (Å²) in [5.74, 6) is 0. The van der Waals surface area contributed by atoms with Gasteiger partial charge in [0.2, 0.25) is 0 Å². The summed E-state index contributed by atoms with van der Waals surface area (Å²) in [6, 6.07) is 106. The molecule has 0 saturated carbocycles. The molecule has 3 aromatic heterocycles. The predicted octanol–water partition coefficient (Wildman–Crippen LogP) is 28.2. The van der Waals surface area contributed by atoms with Crippen molar-refractivity contribution in [1.29, 1.82) is 0 Å².